The van der Waals surface area contributed by atoms with Gasteiger partial charge in [0.05, 0.1) is 19.8 Å². The summed E-state index contributed by atoms with van der Waals surface area (Å²) in [6.07, 6.45) is 3.91. The van der Waals surface area contributed by atoms with Gasteiger partial charge in [-0.2, -0.15) is 0 Å². The lowest BCUT2D eigenvalue weighted by Crippen LogP contribution is -2.48. The summed E-state index contributed by atoms with van der Waals surface area (Å²) in [5.41, 5.74) is 1.42. The van der Waals surface area contributed by atoms with Crippen LogP contribution < -0.4 is 4.74 Å². The molecule has 1 fully saturated rings. The van der Waals surface area contributed by atoms with E-state index in [2.05, 4.69) is 0 Å². The minimum absolute atomic E-state index is 0.142. The van der Waals surface area contributed by atoms with Gasteiger partial charge in [-0.15, -0.1) is 0 Å². The molecule has 1 atom stereocenters. The lowest BCUT2D eigenvalue weighted by atomic mass is 10.0. The Morgan fingerprint density at radius 2 is 2.22 bits per heavy atom. The Morgan fingerprint density at radius 3 is 2.96 bits per heavy atom. The monoisotopic (exact) mass is 317 g/mol. The molecule has 3 rings (SSSR count). The zero-order chi connectivity index (χ0) is 16.4. The zero-order valence-corrected chi connectivity index (χ0v) is 12.9. The maximum Gasteiger partial charge on any atom is 0.326 e. The highest BCUT2D eigenvalue weighted by atomic mass is 16.5. The number of rotatable bonds is 4. The number of carboxylic acids is 1. The van der Waals surface area contributed by atoms with E-state index < -0.39 is 12.0 Å². The second kappa shape index (κ2) is 6.32. The van der Waals surface area contributed by atoms with Crippen LogP contribution in [0.5, 0.6) is 5.75 Å². The number of carbonyl (C=O) groups is 2. The molecule has 1 amide bonds. The molecule has 6 heteroatoms. The van der Waals surface area contributed by atoms with Crippen molar-refractivity contribution in [1.82, 2.24) is 4.90 Å². The molecular weight excluding hydrogens is 298 g/mol. The number of hydrogen-bond acceptors (Lipinski definition) is 4. The van der Waals surface area contributed by atoms with E-state index in [1.807, 2.05) is 12.1 Å². The van der Waals surface area contributed by atoms with Crippen LogP contribution >= 0.6 is 0 Å². The third kappa shape index (κ3) is 3.02. The second-order valence-corrected chi connectivity index (χ2v) is 5.74. The quantitative estimate of drug-likeness (QED) is 0.937. The van der Waals surface area contributed by atoms with Gasteiger partial charge in [0, 0.05) is 23.6 Å². The van der Waals surface area contributed by atoms with Crippen LogP contribution in [0, 0.1) is 0 Å². The average Bonchev–Trinajstić information content (AvgIpc) is 2.96. The fourth-order valence-electron chi connectivity index (χ4n) is 3.08. The number of methoxy groups -OCH3 is 1. The maximum absolute atomic E-state index is 12.5. The van der Waals surface area contributed by atoms with Gasteiger partial charge in [0.2, 0.25) is 5.91 Å². The molecule has 0 bridgehead atoms. The number of benzene rings is 1. The van der Waals surface area contributed by atoms with Crippen molar-refractivity contribution >= 4 is 22.8 Å². The maximum atomic E-state index is 12.5. The number of nitrogens with zero attached hydrogens (tertiary/aromatic N) is 1. The molecular formula is C17H19NO5. The van der Waals surface area contributed by atoms with Gasteiger partial charge in [0.1, 0.15) is 17.4 Å². The molecule has 1 aromatic heterocycles. The SMILES string of the molecule is COc1ccc2c(CC(=O)N3CCCC[C@@H]3C(=O)O)coc2c1. The number of likely N-dealkylation sites (tertiary alicyclic amines) is 1. The van der Waals surface area contributed by atoms with E-state index in [-0.39, 0.29) is 12.3 Å². The molecule has 23 heavy (non-hydrogen) atoms. The molecule has 0 radical (unpaired) electrons. The van der Waals surface area contributed by atoms with Crippen LogP contribution in [0.25, 0.3) is 11.0 Å². The number of piperidine rings is 1. The Kier molecular flexibility index (Phi) is 4.23. The van der Waals surface area contributed by atoms with Crippen LogP contribution in [0.3, 0.4) is 0 Å². The molecule has 2 heterocycles. The Bertz CT molecular complexity index is 736. The van der Waals surface area contributed by atoms with Crippen LogP contribution in [-0.2, 0) is 16.0 Å². The predicted molar refractivity (Wildman–Crippen MR) is 83.5 cm³/mol. The first-order valence-electron chi connectivity index (χ1n) is 7.66. The van der Waals surface area contributed by atoms with E-state index in [0.29, 0.717) is 24.3 Å². The molecule has 0 aliphatic carbocycles. The average molecular weight is 317 g/mol. The van der Waals surface area contributed by atoms with Gasteiger partial charge in [-0.1, -0.05) is 0 Å². The number of carboxylic acid groups (broad SMARTS) is 1. The summed E-state index contributed by atoms with van der Waals surface area (Å²) >= 11 is 0. The Hall–Kier alpha value is -2.50. The lowest BCUT2D eigenvalue weighted by molar-refractivity contribution is -0.151. The Balaban J connectivity index is 1.81. The number of furan rings is 1. The Labute approximate surface area is 133 Å². The standard InChI is InChI=1S/C17H19NO5/c1-22-12-5-6-13-11(10-23-15(13)9-12)8-16(19)18-7-3-2-4-14(18)17(20)21/h5-6,9-10,14H,2-4,7-8H2,1H3,(H,20,21)/t14-/m1/s1. The van der Waals surface area contributed by atoms with E-state index in [0.717, 1.165) is 23.8 Å². The minimum Gasteiger partial charge on any atom is -0.497 e. The largest absolute Gasteiger partial charge is 0.497 e. The first-order chi connectivity index (χ1) is 11.1. The smallest absolute Gasteiger partial charge is 0.326 e. The van der Waals surface area contributed by atoms with Gasteiger partial charge < -0.3 is 19.2 Å². The number of fused-ring (bicyclic) bond motifs is 1. The van der Waals surface area contributed by atoms with E-state index >= 15 is 0 Å². The second-order valence-electron chi connectivity index (χ2n) is 5.74. The van der Waals surface area contributed by atoms with E-state index in [1.54, 1.807) is 19.4 Å². The van der Waals surface area contributed by atoms with Crippen molar-refractivity contribution in [2.75, 3.05) is 13.7 Å². The highest BCUT2D eigenvalue weighted by Crippen LogP contribution is 2.27. The van der Waals surface area contributed by atoms with Crippen LogP contribution in [0.1, 0.15) is 24.8 Å². The summed E-state index contributed by atoms with van der Waals surface area (Å²) in [5.74, 6) is -0.415. The van der Waals surface area contributed by atoms with Gasteiger partial charge in [-0.05, 0) is 31.4 Å². The highest BCUT2D eigenvalue weighted by molar-refractivity contribution is 5.90. The first-order valence-corrected chi connectivity index (χ1v) is 7.66. The van der Waals surface area contributed by atoms with Gasteiger partial charge in [-0.3, -0.25) is 4.79 Å². The zero-order valence-electron chi connectivity index (χ0n) is 12.9. The summed E-state index contributed by atoms with van der Waals surface area (Å²) in [7, 11) is 1.58. The summed E-state index contributed by atoms with van der Waals surface area (Å²) < 4.78 is 10.6. The topological polar surface area (TPSA) is 80.0 Å². The van der Waals surface area contributed by atoms with Crippen molar-refractivity contribution in [2.45, 2.75) is 31.7 Å². The molecule has 1 aliphatic heterocycles. The van der Waals surface area contributed by atoms with Crippen molar-refractivity contribution in [3.05, 3.63) is 30.0 Å². The van der Waals surface area contributed by atoms with E-state index in [9.17, 15) is 14.7 Å². The number of hydrogen-bond donors (Lipinski definition) is 1. The van der Waals surface area contributed by atoms with Crippen LogP contribution in [0.15, 0.2) is 28.9 Å². The van der Waals surface area contributed by atoms with Crippen molar-refractivity contribution in [3.63, 3.8) is 0 Å². The number of ether oxygens (including phenoxy) is 1. The third-order valence-corrected chi connectivity index (χ3v) is 4.31. The van der Waals surface area contributed by atoms with Gasteiger partial charge in [0.25, 0.3) is 0 Å². The third-order valence-electron chi connectivity index (χ3n) is 4.31. The number of carbonyl (C=O) groups excluding carboxylic acids is 1. The molecule has 0 spiro atoms. The Morgan fingerprint density at radius 1 is 1.39 bits per heavy atom. The summed E-state index contributed by atoms with van der Waals surface area (Å²) in [4.78, 5) is 25.4. The molecule has 1 aliphatic rings. The normalized spacial score (nSPS) is 18.1. The van der Waals surface area contributed by atoms with Crippen molar-refractivity contribution in [2.24, 2.45) is 0 Å². The predicted octanol–water partition coefficient (Wildman–Crippen LogP) is 2.45. The van der Waals surface area contributed by atoms with Crippen molar-refractivity contribution < 1.29 is 23.8 Å². The molecule has 2 aromatic rings. The molecule has 6 nitrogen and oxygen atoms in total. The number of aliphatic carboxylic acids is 1. The van der Waals surface area contributed by atoms with Gasteiger partial charge in [0.15, 0.2) is 0 Å². The van der Waals surface area contributed by atoms with Crippen molar-refractivity contribution in [1.29, 1.82) is 0 Å². The first kappa shape index (κ1) is 15.4. The van der Waals surface area contributed by atoms with Gasteiger partial charge in [-0.25, -0.2) is 4.79 Å². The van der Waals surface area contributed by atoms with Crippen LogP contribution in [0.2, 0.25) is 0 Å². The summed E-state index contributed by atoms with van der Waals surface area (Å²) in [6, 6.07) is 4.72. The van der Waals surface area contributed by atoms with Crippen LogP contribution in [-0.4, -0.2) is 41.6 Å². The summed E-state index contributed by atoms with van der Waals surface area (Å²) in [6.45, 7) is 0.499. The van der Waals surface area contributed by atoms with E-state index in [4.69, 9.17) is 9.15 Å². The molecule has 1 saturated heterocycles. The fraction of sp³-hybridized carbons (Fsp3) is 0.412. The molecule has 0 unspecified atom stereocenters. The van der Waals surface area contributed by atoms with Gasteiger partial charge >= 0.3 is 5.97 Å². The minimum atomic E-state index is -0.931. The summed E-state index contributed by atoms with van der Waals surface area (Å²) in [5, 5.41) is 10.1. The van der Waals surface area contributed by atoms with Crippen molar-refractivity contribution in [3.8, 4) is 5.75 Å². The molecule has 1 aromatic carbocycles. The van der Waals surface area contributed by atoms with Crippen LogP contribution in [0.4, 0.5) is 0 Å². The molecule has 0 saturated carbocycles. The highest BCUT2D eigenvalue weighted by Gasteiger charge is 2.32. The van der Waals surface area contributed by atoms with E-state index in [1.165, 1.54) is 4.90 Å². The molecule has 122 valence electrons. The lowest BCUT2D eigenvalue weighted by Gasteiger charge is -2.32. The number of amides is 1. The molecule has 1 N–H and O–H groups in total. The fourth-order valence-corrected chi connectivity index (χ4v) is 3.08.